The Balaban J connectivity index is 0.000000244. The van der Waals surface area contributed by atoms with Gasteiger partial charge in [-0.1, -0.05) is 97.9 Å². The average Bonchev–Trinajstić information content (AvgIpc) is 2.74. The van der Waals surface area contributed by atoms with Gasteiger partial charge < -0.3 is 9.84 Å². The molecule has 2 nitrogen and oxygen atoms in total. The van der Waals surface area contributed by atoms with E-state index in [2.05, 4.69) is 31.3 Å². The van der Waals surface area contributed by atoms with Gasteiger partial charge in [0.2, 0.25) is 0 Å². The lowest BCUT2D eigenvalue weighted by atomic mass is 10.0. The summed E-state index contributed by atoms with van der Waals surface area (Å²) in [5.41, 5.74) is 2.94. The predicted molar refractivity (Wildman–Crippen MR) is 120 cm³/mol. The summed E-state index contributed by atoms with van der Waals surface area (Å²) in [7, 11) is 0. The molecule has 27 heavy (non-hydrogen) atoms. The molecule has 0 saturated heterocycles. The van der Waals surface area contributed by atoms with Gasteiger partial charge >= 0.3 is 0 Å². The Morgan fingerprint density at radius 1 is 0.778 bits per heavy atom. The van der Waals surface area contributed by atoms with Crippen LogP contribution in [-0.4, -0.2) is 21.8 Å². The third-order valence-corrected chi connectivity index (χ3v) is 4.45. The Kier molecular flexibility index (Phi) is 8.62. The minimum Gasteiger partial charge on any atom is -0.499 e. The van der Waals surface area contributed by atoms with Gasteiger partial charge in [0.1, 0.15) is 0 Å². The summed E-state index contributed by atoms with van der Waals surface area (Å²) >= 11 is 9.78. The van der Waals surface area contributed by atoms with Gasteiger partial charge in [-0.3, -0.25) is 0 Å². The Bertz CT molecular complexity index is 834. The van der Waals surface area contributed by atoms with Gasteiger partial charge in [-0.25, -0.2) is 0 Å². The van der Waals surface area contributed by atoms with Crippen molar-refractivity contribution in [1.29, 1.82) is 0 Å². The third kappa shape index (κ3) is 7.29. The van der Waals surface area contributed by atoms with E-state index in [1.165, 1.54) is 5.56 Å². The van der Waals surface area contributed by atoms with Crippen LogP contribution in [0, 0.1) is 0 Å². The van der Waals surface area contributed by atoms with Crippen molar-refractivity contribution in [3.8, 4) is 0 Å². The molecule has 3 aromatic carbocycles. The summed E-state index contributed by atoms with van der Waals surface area (Å²) in [5, 5.41) is 9.28. The van der Waals surface area contributed by atoms with Crippen molar-refractivity contribution in [3.63, 3.8) is 0 Å². The van der Waals surface area contributed by atoms with Crippen LogP contribution < -0.4 is 0 Å². The highest BCUT2D eigenvalue weighted by molar-refractivity contribution is 7.80. The van der Waals surface area contributed by atoms with E-state index >= 15 is 0 Å². The lowest BCUT2D eigenvalue weighted by Crippen LogP contribution is -2.10. The van der Waals surface area contributed by atoms with Crippen LogP contribution in [-0.2, 0) is 4.74 Å². The zero-order chi connectivity index (χ0) is 19.5. The number of thiocarbonyl (C=S) groups is 2. The van der Waals surface area contributed by atoms with E-state index in [9.17, 15) is 0 Å². The molecule has 1 atom stereocenters. The number of rotatable bonds is 5. The zero-order valence-corrected chi connectivity index (χ0v) is 16.7. The summed E-state index contributed by atoms with van der Waals surface area (Å²) < 4.78 is 5.68. The van der Waals surface area contributed by atoms with E-state index < -0.39 is 0 Å². The third-order valence-electron chi connectivity index (χ3n) is 3.86. The SMILES string of the molecule is CC(COC(=S)c1ccccc1)c1ccccc1.OC(=S)c1ccccc1. The molecule has 0 saturated carbocycles. The Morgan fingerprint density at radius 3 is 1.67 bits per heavy atom. The molecule has 1 unspecified atom stereocenters. The second-order valence-electron chi connectivity index (χ2n) is 5.95. The summed E-state index contributed by atoms with van der Waals surface area (Å²) in [6, 6.07) is 29.2. The van der Waals surface area contributed by atoms with Crippen LogP contribution in [0.15, 0.2) is 91.0 Å². The summed E-state index contributed by atoms with van der Waals surface area (Å²) in [5.74, 6) is 0.341. The molecule has 4 heteroatoms. The van der Waals surface area contributed by atoms with Crippen LogP contribution >= 0.6 is 24.4 Å². The van der Waals surface area contributed by atoms with Crippen molar-refractivity contribution in [3.05, 3.63) is 108 Å². The second-order valence-corrected chi connectivity index (χ2v) is 6.70. The standard InChI is InChI=1S/C16H16OS.C7H6OS/c1-13(14-8-4-2-5-9-14)12-17-16(18)15-10-6-3-7-11-15;8-7(9)6-4-2-1-3-5-6/h2-11,13H,12H2,1H3;1-5H,(H,8,9). The molecule has 0 aliphatic heterocycles. The molecule has 0 radical (unpaired) electrons. The highest BCUT2D eigenvalue weighted by Gasteiger charge is 2.08. The molecular formula is C23H22O2S2. The minimum absolute atomic E-state index is 0.0457. The van der Waals surface area contributed by atoms with Gasteiger partial charge in [0.15, 0.2) is 10.1 Å². The quantitative estimate of drug-likeness (QED) is 0.529. The normalized spacial score (nSPS) is 10.9. The first-order chi connectivity index (χ1) is 13.1. The van der Waals surface area contributed by atoms with E-state index in [0.29, 0.717) is 23.1 Å². The van der Waals surface area contributed by atoms with E-state index in [1.807, 2.05) is 66.7 Å². The number of hydrogen-bond donors (Lipinski definition) is 1. The fourth-order valence-electron chi connectivity index (χ4n) is 2.32. The fraction of sp³-hybridized carbons (Fsp3) is 0.130. The zero-order valence-electron chi connectivity index (χ0n) is 15.1. The molecule has 0 aliphatic rings. The molecule has 0 aromatic heterocycles. The van der Waals surface area contributed by atoms with Crippen molar-refractivity contribution in [2.75, 3.05) is 6.61 Å². The molecule has 3 rings (SSSR count). The molecule has 0 amide bonds. The van der Waals surface area contributed by atoms with Crippen LogP contribution in [0.2, 0.25) is 0 Å². The molecule has 0 heterocycles. The summed E-state index contributed by atoms with van der Waals surface area (Å²) in [6.07, 6.45) is 0. The van der Waals surface area contributed by atoms with Gasteiger partial charge in [-0.15, -0.1) is 0 Å². The first-order valence-electron chi connectivity index (χ1n) is 8.63. The molecule has 0 bridgehead atoms. The Morgan fingerprint density at radius 2 is 1.22 bits per heavy atom. The lowest BCUT2D eigenvalue weighted by molar-refractivity contribution is 0.292. The van der Waals surface area contributed by atoms with Gasteiger partial charge in [-0.05, 0) is 30.0 Å². The number of aliphatic hydroxyl groups excluding tert-OH is 1. The van der Waals surface area contributed by atoms with E-state index in [0.717, 1.165) is 5.56 Å². The van der Waals surface area contributed by atoms with E-state index in [-0.39, 0.29) is 5.05 Å². The monoisotopic (exact) mass is 394 g/mol. The van der Waals surface area contributed by atoms with Crippen molar-refractivity contribution < 1.29 is 9.84 Å². The van der Waals surface area contributed by atoms with Crippen LogP contribution in [0.3, 0.4) is 0 Å². The van der Waals surface area contributed by atoms with Gasteiger partial charge in [-0.2, -0.15) is 0 Å². The number of aliphatic hydroxyl groups is 1. The van der Waals surface area contributed by atoms with Gasteiger partial charge in [0.25, 0.3) is 0 Å². The summed E-state index contributed by atoms with van der Waals surface area (Å²) in [6.45, 7) is 2.75. The maximum Gasteiger partial charge on any atom is 0.191 e. The molecule has 1 N–H and O–H groups in total. The molecule has 0 fully saturated rings. The van der Waals surface area contributed by atoms with Crippen molar-refractivity contribution in [2.24, 2.45) is 0 Å². The molecule has 0 aliphatic carbocycles. The van der Waals surface area contributed by atoms with E-state index in [1.54, 1.807) is 12.1 Å². The highest BCUT2D eigenvalue weighted by Crippen LogP contribution is 2.15. The van der Waals surface area contributed by atoms with Gasteiger partial charge in [0, 0.05) is 17.0 Å². The van der Waals surface area contributed by atoms with Crippen molar-refractivity contribution in [2.45, 2.75) is 12.8 Å². The molecule has 3 aromatic rings. The highest BCUT2D eigenvalue weighted by atomic mass is 32.1. The fourth-order valence-corrected chi connectivity index (χ4v) is 2.66. The molecule has 0 spiro atoms. The Hall–Kier alpha value is -2.56. The topological polar surface area (TPSA) is 29.5 Å². The largest absolute Gasteiger partial charge is 0.499 e. The predicted octanol–water partition coefficient (Wildman–Crippen LogP) is 6.10. The second kappa shape index (κ2) is 11.2. The van der Waals surface area contributed by atoms with Crippen LogP contribution in [0.25, 0.3) is 0 Å². The lowest BCUT2D eigenvalue weighted by Gasteiger charge is -2.14. The van der Waals surface area contributed by atoms with Crippen LogP contribution in [0.1, 0.15) is 29.5 Å². The van der Waals surface area contributed by atoms with Crippen molar-refractivity contribution >= 4 is 34.5 Å². The maximum absolute atomic E-state index is 8.76. The number of hydrogen-bond acceptors (Lipinski definition) is 3. The first kappa shape index (κ1) is 20.7. The molecular weight excluding hydrogens is 372 g/mol. The van der Waals surface area contributed by atoms with E-state index in [4.69, 9.17) is 22.1 Å². The van der Waals surface area contributed by atoms with Crippen molar-refractivity contribution in [1.82, 2.24) is 0 Å². The van der Waals surface area contributed by atoms with Crippen LogP contribution in [0.5, 0.6) is 0 Å². The van der Waals surface area contributed by atoms with Crippen LogP contribution in [0.4, 0.5) is 0 Å². The van der Waals surface area contributed by atoms with Gasteiger partial charge in [0.05, 0.1) is 6.61 Å². The summed E-state index contributed by atoms with van der Waals surface area (Å²) in [4.78, 5) is 0. The number of ether oxygens (including phenoxy) is 1. The first-order valence-corrected chi connectivity index (χ1v) is 9.45. The maximum atomic E-state index is 8.76. The minimum atomic E-state index is -0.0457. The number of benzene rings is 3. The molecule has 138 valence electrons. The smallest absolute Gasteiger partial charge is 0.191 e. The Labute approximate surface area is 171 Å². The average molecular weight is 395 g/mol.